The molecular weight excluding hydrogens is 257 g/mol. The van der Waals surface area contributed by atoms with Gasteiger partial charge in [-0.25, -0.2) is 0 Å². The van der Waals surface area contributed by atoms with Gasteiger partial charge in [0.1, 0.15) is 0 Å². The fraction of sp³-hybridized carbons (Fsp3) is 0.615. The summed E-state index contributed by atoms with van der Waals surface area (Å²) in [6.07, 6.45) is -0.0398. The van der Waals surface area contributed by atoms with Crippen molar-refractivity contribution in [3.63, 3.8) is 0 Å². The van der Waals surface area contributed by atoms with Crippen LogP contribution in [0.3, 0.4) is 0 Å². The van der Waals surface area contributed by atoms with Crippen molar-refractivity contribution >= 4 is 0 Å². The highest BCUT2D eigenvalue weighted by atomic mass is 19.4. The van der Waals surface area contributed by atoms with Crippen LogP contribution in [0.4, 0.5) is 13.2 Å². The molecule has 1 aromatic rings. The molecule has 1 aliphatic heterocycles. The summed E-state index contributed by atoms with van der Waals surface area (Å²) >= 11 is 0. The van der Waals surface area contributed by atoms with Crippen molar-refractivity contribution in [2.75, 3.05) is 19.6 Å². The van der Waals surface area contributed by atoms with Gasteiger partial charge < -0.3 is 9.47 Å². The molecule has 0 bridgehead atoms. The molecule has 6 heteroatoms. The average Bonchev–Trinajstić information content (AvgIpc) is 2.37. The Bertz CT molecular complexity index is 476. The highest BCUT2D eigenvalue weighted by Gasteiger charge is 2.31. The molecule has 1 aliphatic rings. The number of rotatable bonds is 3. The van der Waals surface area contributed by atoms with E-state index in [2.05, 4.69) is 4.90 Å². The van der Waals surface area contributed by atoms with Gasteiger partial charge in [-0.2, -0.15) is 13.2 Å². The first-order valence-corrected chi connectivity index (χ1v) is 6.47. The van der Waals surface area contributed by atoms with Crippen LogP contribution in [0.25, 0.3) is 0 Å². The maximum absolute atomic E-state index is 12.6. The van der Waals surface area contributed by atoms with E-state index in [1.165, 1.54) is 6.42 Å². The van der Waals surface area contributed by atoms with Crippen molar-refractivity contribution in [2.24, 2.45) is 0 Å². The smallest absolute Gasteiger partial charge is 0.314 e. The van der Waals surface area contributed by atoms with Gasteiger partial charge in [-0.1, -0.05) is 6.42 Å². The van der Waals surface area contributed by atoms with Crippen LogP contribution in [0.5, 0.6) is 0 Å². The van der Waals surface area contributed by atoms with Crippen LogP contribution in [0.15, 0.2) is 23.1 Å². The van der Waals surface area contributed by atoms with Crippen LogP contribution in [0.2, 0.25) is 0 Å². The summed E-state index contributed by atoms with van der Waals surface area (Å²) in [5, 5.41) is 0. The zero-order valence-electron chi connectivity index (χ0n) is 10.6. The van der Waals surface area contributed by atoms with Gasteiger partial charge in [0, 0.05) is 25.4 Å². The van der Waals surface area contributed by atoms with Crippen LogP contribution >= 0.6 is 0 Å². The van der Waals surface area contributed by atoms with Crippen molar-refractivity contribution in [2.45, 2.75) is 32.0 Å². The van der Waals surface area contributed by atoms with Crippen LogP contribution < -0.4 is 5.56 Å². The quantitative estimate of drug-likeness (QED) is 0.845. The SMILES string of the molecule is O=c1ccc(C(F)(F)F)cn1CCN1CCCCC1. The monoisotopic (exact) mass is 274 g/mol. The Morgan fingerprint density at radius 2 is 1.74 bits per heavy atom. The molecule has 0 amide bonds. The van der Waals surface area contributed by atoms with E-state index < -0.39 is 11.7 Å². The first-order valence-electron chi connectivity index (χ1n) is 6.47. The largest absolute Gasteiger partial charge is 0.417 e. The number of nitrogens with zero attached hydrogens (tertiary/aromatic N) is 2. The molecule has 0 saturated carbocycles. The molecular formula is C13H17F3N2O. The van der Waals surface area contributed by atoms with E-state index in [1.54, 1.807) is 0 Å². The van der Waals surface area contributed by atoms with Gasteiger partial charge in [-0.05, 0) is 32.0 Å². The van der Waals surface area contributed by atoms with Crippen LogP contribution in [-0.2, 0) is 12.7 Å². The number of piperidine rings is 1. The first-order chi connectivity index (χ1) is 8.97. The first kappa shape index (κ1) is 14.1. The third kappa shape index (κ3) is 3.83. The van der Waals surface area contributed by atoms with E-state index in [1.807, 2.05) is 0 Å². The predicted molar refractivity (Wildman–Crippen MR) is 66.0 cm³/mol. The molecule has 0 atom stereocenters. The van der Waals surface area contributed by atoms with Crippen molar-refractivity contribution in [1.29, 1.82) is 0 Å². The molecule has 0 aliphatic carbocycles. The standard InChI is InChI=1S/C13H17F3N2O/c14-13(15,16)11-4-5-12(19)18(10-11)9-8-17-6-2-1-3-7-17/h4-5,10H,1-3,6-9H2. The van der Waals surface area contributed by atoms with Gasteiger partial charge in [0.25, 0.3) is 5.56 Å². The summed E-state index contributed by atoms with van der Waals surface area (Å²) in [6.45, 7) is 2.87. The van der Waals surface area contributed by atoms with Crippen molar-refractivity contribution in [3.05, 3.63) is 34.2 Å². The third-order valence-corrected chi connectivity index (χ3v) is 3.42. The molecule has 0 aromatic carbocycles. The normalized spacial score (nSPS) is 17.6. The van der Waals surface area contributed by atoms with E-state index in [0.29, 0.717) is 13.1 Å². The molecule has 0 spiro atoms. The molecule has 1 saturated heterocycles. The van der Waals surface area contributed by atoms with E-state index in [-0.39, 0.29) is 5.56 Å². The summed E-state index contributed by atoms with van der Waals surface area (Å²) in [5.41, 5.74) is -1.16. The summed E-state index contributed by atoms with van der Waals surface area (Å²) < 4.78 is 38.9. The lowest BCUT2D eigenvalue weighted by Gasteiger charge is -2.26. The average molecular weight is 274 g/mol. The van der Waals surface area contributed by atoms with Crippen molar-refractivity contribution < 1.29 is 13.2 Å². The summed E-state index contributed by atoms with van der Waals surface area (Å²) in [5.74, 6) is 0. The number of hydrogen-bond donors (Lipinski definition) is 0. The summed E-state index contributed by atoms with van der Waals surface area (Å²) in [7, 11) is 0. The Hall–Kier alpha value is -1.30. The molecule has 19 heavy (non-hydrogen) atoms. The molecule has 1 fully saturated rings. The van der Waals surface area contributed by atoms with E-state index in [4.69, 9.17) is 0 Å². The minimum absolute atomic E-state index is 0.308. The fourth-order valence-corrected chi connectivity index (χ4v) is 2.31. The Labute approximate surface area is 109 Å². The van der Waals surface area contributed by atoms with Gasteiger partial charge in [-0.3, -0.25) is 4.79 Å². The third-order valence-electron chi connectivity index (χ3n) is 3.42. The van der Waals surface area contributed by atoms with Crippen molar-refractivity contribution in [3.8, 4) is 0 Å². The summed E-state index contributed by atoms with van der Waals surface area (Å²) in [6, 6.07) is 1.82. The molecule has 2 heterocycles. The lowest BCUT2D eigenvalue weighted by atomic mass is 10.1. The fourth-order valence-electron chi connectivity index (χ4n) is 2.31. The van der Waals surface area contributed by atoms with Gasteiger partial charge >= 0.3 is 6.18 Å². The Kier molecular flexibility index (Phi) is 4.29. The topological polar surface area (TPSA) is 25.2 Å². The Morgan fingerprint density at radius 1 is 1.05 bits per heavy atom. The second-order valence-electron chi connectivity index (χ2n) is 4.85. The number of hydrogen-bond acceptors (Lipinski definition) is 2. The number of aromatic nitrogens is 1. The maximum atomic E-state index is 12.6. The van der Waals surface area contributed by atoms with Gasteiger partial charge in [0.2, 0.25) is 0 Å². The number of pyridine rings is 1. The molecule has 1 aromatic heterocycles. The van der Waals surface area contributed by atoms with Gasteiger partial charge in [0.05, 0.1) is 5.56 Å². The van der Waals surface area contributed by atoms with Gasteiger partial charge in [-0.15, -0.1) is 0 Å². The zero-order chi connectivity index (χ0) is 13.9. The van der Waals surface area contributed by atoms with Crippen LogP contribution in [0, 0.1) is 0 Å². The maximum Gasteiger partial charge on any atom is 0.417 e. The molecule has 106 valence electrons. The molecule has 2 rings (SSSR count). The summed E-state index contributed by atoms with van der Waals surface area (Å²) in [4.78, 5) is 13.7. The second-order valence-corrected chi connectivity index (χ2v) is 4.85. The highest BCUT2D eigenvalue weighted by molar-refractivity contribution is 5.13. The van der Waals surface area contributed by atoms with E-state index in [9.17, 15) is 18.0 Å². The van der Waals surface area contributed by atoms with Gasteiger partial charge in [0.15, 0.2) is 0 Å². The lowest BCUT2D eigenvalue weighted by molar-refractivity contribution is -0.138. The highest BCUT2D eigenvalue weighted by Crippen LogP contribution is 2.27. The minimum Gasteiger partial charge on any atom is -0.314 e. The molecule has 0 unspecified atom stereocenters. The minimum atomic E-state index is -4.40. The Morgan fingerprint density at radius 3 is 2.37 bits per heavy atom. The predicted octanol–water partition coefficient (Wildman–Crippen LogP) is 2.35. The Balaban J connectivity index is 2.04. The molecule has 0 N–H and O–H groups in total. The van der Waals surface area contributed by atoms with Crippen LogP contribution in [-0.4, -0.2) is 29.1 Å². The van der Waals surface area contributed by atoms with E-state index >= 15 is 0 Å². The second kappa shape index (κ2) is 5.77. The van der Waals surface area contributed by atoms with Crippen molar-refractivity contribution in [1.82, 2.24) is 9.47 Å². The van der Waals surface area contributed by atoms with Crippen LogP contribution in [0.1, 0.15) is 24.8 Å². The lowest BCUT2D eigenvalue weighted by Crippen LogP contribution is -2.34. The number of alkyl halides is 3. The number of likely N-dealkylation sites (tertiary alicyclic amines) is 1. The molecule has 3 nitrogen and oxygen atoms in total. The van der Waals surface area contributed by atoms with E-state index in [0.717, 1.165) is 48.8 Å². The molecule has 0 radical (unpaired) electrons. The number of halogens is 3. The zero-order valence-corrected chi connectivity index (χ0v) is 10.6.